The third-order valence-corrected chi connectivity index (χ3v) is 4.51. The normalized spacial score (nSPS) is 17.6. The molecule has 0 atom stereocenters. The maximum atomic E-state index is 12.3. The van der Waals surface area contributed by atoms with E-state index in [4.69, 9.17) is 0 Å². The van der Waals surface area contributed by atoms with Crippen LogP contribution in [0.25, 0.3) is 6.08 Å². The van der Waals surface area contributed by atoms with Crippen LogP contribution in [0.4, 0.5) is 0 Å². The molecule has 114 valence electrons. The zero-order valence-corrected chi connectivity index (χ0v) is 13.2. The van der Waals surface area contributed by atoms with Crippen molar-refractivity contribution in [1.82, 2.24) is 10.6 Å². The van der Waals surface area contributed by atoms with Crippen LogP contribution in [0.5, 0.6) is 0 Å². The van der Waals surface area contributed by atoms with E-state index in [0.717, 1.165) is 37.7 Å². The molecule has 4 nitrogen and oxygen atoms in total. The van der Waals surface area contributed by atoms with Crippen LogP contribution in [0.3, 0.4) is 0 Å². The molecule has 0 bridgehead atoms. The van der Waals surface area contributed by atoms with E-state index in [-0.39, 0.29) is 11.8 Å². The fraction of sp³-hybridized carbons (Fsp3) is 0.500. The van der Waals surface area contributed by atoms with Gasteiger partial charge in [0.25, 0.3) is 0 Å². The van der Waals surface area contributed by atoms with Gasteiger partial charge in [0, 0.05) is 12.6 Å². The van der Waals surface area contributed by atoms with E-state index in [1.54, 1.807) is 17.4 Å². The fourth-order valence-corrected chi connectivity index (χ4v) is 3.34. The van der Waals surface area contributed by atoms with Crippen molar-refractivity contribution in [3.05, 3.63) is 28.5 Å². The van der Waals surface area contributed by atoms with Gasteiger partial charge in [0.15, 0.2) is 0 Å². The van der Waals surface area contributed by atoms with Gasteiger partial charge in [-0.1, -0.05) is 19.3 Å². The van der Waals surface area contributed by atoms with E-state index in [1.165, 1.54) is 6.08 Å². The van der Waals surface area contributed by atoms with Crippen LogP contribution in [0, 0.1) is 0 Å². The molecular formula is C16H22N2O2S. The molecule has 0 spiro atoms. The number of hydrogen-bond donors (Lipinski definition) is 2. The Morgan fingerprint density at radius 2 is 2.10 bits per heavy atom. The number of rotatable bonds is 5. The monoisotopic (exact) mass is 306 g/mol. The van der Waals surface area contributed by atoms with Crippen LogP contribution < -0.4 is 10.6 Å². The molecule has 21 heavy (non-hydrogen) atoms. The minimum absolute atomic E-state index is 0.0537. The van der Waals surface area contributed by atoms with Crippen molar-refractivity contribution in [2.75, 3.05) is 6.54 Å². The number of carbonyl (C=O) groups is 2. The summed E-state index contributed by atoms with van der Waals surface area (Å²) in [6.07, 6.45) is 7.81. The molecule has 1 aliphatic rings. The van der Waals surface area contributed by atoms with E-state index in [2.05, 4.69) is 10.6 Å². The lowest BCUT2D eigenvalue weighted by atomic mass is 9.80. The molecule has 5 heteroatoms. The summed E-state index contributed by atoms with van der Waals surface area (Å²) in [5, 5.41) is 9.74. The highest BCUT2D eigenvalue weighted by Crippen LogP contribution is 2.28. The zero-order chi connectivity index (χ0) is 15.1. The Morgan fingerprint density at radius 1 is 1.33 bits per heavy atom. The third kappa shape index (κ3) is 4.17. The molecule has 1 fully saturated rings. The molecule has 0 radical (unpaired) electrons. The third-order valence-electron chi connectivity index (χ3n) is 3.81. The maximum Gasteiger partial charge on any atom is 0.245 e. The predicted molar refractivity (Wildman–Crippen MR) is 86.0 cm³/mol. The first-order valence-corrected chi connectivity index (χ1v) is 8.41. The van der Waals surface area contributed by atoms with Gasteiger partial charge in [-0.25, -0.2) is 0 Å². The van der Waals surface area contributed by atoms with Crippen LogP contribution in [-0.2, 0) is 9.59 Å². The second-order valence-corrected chi connectivity index (χ2v) is 6.16. The lowest BCUT2D eigenvalue weighted by molar-refractivity contribution is -0.133. The number of hydrogen-bond acceptors (Lipinski definition) is 3. The van der Waals surface area contributed by atoms with Gasteiger partial charge in [-0.3, -0.25) is 9.59 Å². The summed E-state index contributed by atoms with van der Waals surface area (Å²) < 4.78 is 0. The van der Waals surface area contributed by atoms with Crippen molar-refractivity contribution in [3.63, 3.8) is 0 Å². The first-order chi connectivity index (χ1) is 10.2. The van der Waals surface area contributed by atoms with Gasteiger partial charge in [0.05, 0.1) is 0 Å². The summed E-state index contributed by atoms with van der Waals surface area (Å²) >= 11 is 1.59. The minimum atomic E-state index is -0.732. The highest BCUT2D eigenvalue weighted by molar-refractivity contribution is 7.08. The molecule has 1 heterocycles. The Morgan fingerprint density at radius 3 is 2.71 bits per heavy atom. The van der Waals surface area contributed by atoms with Gasteiger partial charge in [-0.2, -0.15) is 11.3 Å². The number of carbonyl (C=O) groups excluding carboxylic acids is 2. The number of likely N-dealkylation sites (N-methyl/N-ethyl adjacent to an activating group) is 1. The standard InChI is InChI=1S/C16H22N2O2S/c1-2-17-15(20)16(9-4-3-5-10-16)18-14(19)7-6-13-8-11-21-12-13/h6-8,11-12H,2-5,9-10H2,1H3,(H,17,20)(H,18,19). The Kier molecular flexibility index (Phi) is 5.56. The van der Waals surface area contributed by atoms with Crippen molar-refractivity contribution in [2.45, 2.75) is 44.6 Å². The molecule has 0 aliphatic heterocycles. The molecule has 1 aliphatic carbocycles. The second-order valence-electron chi connectivity index (χ2n) is 5.38. The summed E-state index contributed by atoms with van der Waals surface area (Å²) in [5.74, 6) is -0.253. The predicted octanol–water partition coefficient (Wildman–Crippen LogP) is 2.72. The molecule has 0 saturated heterocycles. The molecule has 2 rings (SSSR count). The maximum absolute atomic E-state index is 12.3. The molecule has 0 aromatic carbocycles. The molecule has 1 aromatic rings. The largest absolute Gasteiger partial charge is 0.354 e. The smallest absolute Gasteiger partial charge is 0.245 e. The van der Waals surface area contributed by atoms with Crippen molar-refractivity contribution < 1.29 is 9.59 Å². The summed E-state index contributed by atoms with van der Waals surface area (Å²) in [7, 11) is 0. The molecule has 2 amide bonds. The van der Waals surface area contributed by atoms with Crippen LogP contribution in [-0.4, -0.2) is 23.9 Å². The van der Waals surface area contributed by atoms with E-state index >= 15 is 0 Å². The Balaban J connectivity index is 2.04. The van der Waals surface area contributed by atoms with Crippen molar-refractivity contribution in [3.8, 4) is 0 Å². The Hall–Kier alpha value is -1.62. The van der Waals surface area contributed by atoms with Crippen LogP contribution >= 0.6 is 11.3 Å². The lowest BCUT2D eigenvalue weighted by Crippen LogP contribution is -2.59. The van der Waals surface area contributed by atoms with Gasteiger partial charge in [-0.05, 0) is 48.2 Å². The van der Waals surface area contributed by atoms with Crippen molar-refractivity contribution >= 4 is 29.2 Å². The lowest BCUT2D eigenvalue weighted by Gasteiger charge is -2.36. The van der Waals surface area contributed by atoms with E-state index in [9.17, 15) is 9.59 Å². The van der Waals surface area contributed by atoms with Crippen LogP contribution in [0.15, 0.2) is 22.9 Å². The quantitative estimate of drug-likeness (QED) is 0.822. The minimum Gasteiger partial charge on any atom is -0.354 e. The average Bonchev–Trinajstić information content (AvgIpc) is 3.00. The molecule has 1 saturated carbocycles. The van der Waals surface area contributed by atoms with E-state index in [1.807, 2.05) is 23.8 Å². The number of amides is 2. The highest BCUT2D eigenvalue weighted by Gasteiger charge is 2.40. The van der Waals surface area contributed by atoms with E-state index in [0.29, 0.717) is 6.54 Å². The highest BCUT2D eigenvalue weighted by atomic mass is 32.1. The van der Waals surface area contributed by atoms with Crippen LogP contribution in [0.1, 0.15) is 44.6 Å². The SMILES string of the molecule is CCNC(=O)C1(NC(=O)C=Cc2ccsc2)CCCCC1. The van der Waals surface area contributed by atoms with Gasteiger partial charge in [-0.15, -0.1) is 0 Å². The summed E-state index contributed by atoms with van der Waals surface area (Å²) in [4.78, 5) is 24.5. The molecular weight excluding hydrogens is 284 g/mol. The molecule has 1 aromatic heterocycles. The zero-order valence-electron chi connectivity index (χ0n) is 12.4. The Labute approximate surface area is 129 Å². The summed E-state index contributed by atoms with van der Waals surface area (Å²) in [5.41, 5.74) is 0.274. The van der Waals surface area contributed by atoms with Gasteiger partial charge >= 0.3 is 0 Å². The topological polar surface area (TPSA) is 58.2 Å². The van der Waals surface area contributed by atoms with Gasteiger partial charge in [0.2, 0.25) is 11.8 Å². The first kappa shape index (κ1) is 15.8. The van der Waals surface area contributed by atoms with E-state index < -0.39 is 5.54 Å². The van der Waals surface area contributed by atoms with Gasteiger partial charge in [0.1, 0.15) is 5.54 Å². The Bertz CT molecular complexity index is 502. The number of nitrogens with one attached hydrogen (secondary N) is 2. The van der Waals surface area contributed by atoms with Crippen molar-refractivity contribution in [2.24, 2.45) is 0 Å². The number of thiophene rings is 1. The van der Waals surface area contributed by atoms with Crippen LogP contribution in [0.2, 0.25) is 0 Å². The molecule has 2 N–H and O–H groups in total. The van der Waals surface area contributed by atoms with Crippen molar-refractivity contribution in [1.29, 1.82) is 0 Å². The van der Waals surface area contributed by atoms with Gasteiger partial charge < -0.3 is 10.6 Å². The molecule has 0 unspecified atom stereocenters. The summed E-state index contributed by atoms with van der Waals surface area (Å²) in [6, 6.07) is 1.95. The fourth-order valence-electron chi connectivity index (χ4n) is 2.71. The summed E-state index contributed by atoms with van der Waals surface area (Å²) in [6.45, 7) is 2.48. The second kappa shape index (κ2) is 7.41. The first-order valence-electron chi connectivity index (χ1n) is 7.47. The average molecular weight is 306 g/mol.